The molecule has 2 heterocycles. The largest absolute Gasteiger partial charge is 0.649 e. The summed E-state index contributed by atoms with van der Waals surface area (Å²) in [5.41, 5.74) is 0. The van der Waals surface area contributed by atoms with Crippen LogP contribution in [0.3, 0.4) is 0 Å². The van der Waals surface area contributed by atoms with Crippen LogP contribution in [0.15, 0.2) is 28.0 Å². The maximum Gasteiger partial charge on any atom is 0.494 e. The highest BCUT2D eigenvalue weighted by Crippen LogP contribution is 2.35. The first kappa shape index (κ1) is 8.89. The van der Waals surface area contributed by atoms with E-state index in [0.29, 0.717) is 0 Å². The van der Waals surface area contributed by atoms with E-state index in [1.807, 2.05) is 30.5 Å². The van der Waals surface area contributed by atoms with Crippen LogP contribution in [0.5, 0.6) is 5.75 Å². The van der Waals surface area contributed by atoms with Gasteiger partial charge in [-0.2, -0.15) is 0 Å². The Morgan fingerprint density at radius 3 is 2.85 bits per heavy atom. The molecule has 65 valence electrons. The molecule has 0 saturated heterocycles. The molecule has 13 heavy (non-hydrogen) atoms. The maximum absolute atomic E-state index is 5.50. The first-order chi connectivity index (χ1) is 6.31. The van der Waals surface area contributed by atoms with Crippen molar-refractivity contribution in [3.05, 3.63) is 29.3 Å². The first-order valence-corrected chi connectivity index (χ1v) is 5.33. The number of furan rings is 1. The van der Waals surface area contributed by atoms with Crippen molar-refractivity contribution in [2.45, 2.75) is 6.92 Å². The van der Waals surface area contributed by atoms with Crippen molar-refractivity contribution in [2.75, 3.05) is 0 Å². The molecule has 2 aromatic rings. The highest BCUT2D eigenvalue weighted by atomic mass is 32.1. The molecule has 0 aromatic carbocycles. The Labute approximate surface area is 88.9 Å². The van der Waals surface area contributed by atoms with Gasteiger partial charge in [0.15, 0.2) is 0 Å². The summed E-state index contributed by atoms with van der Waals surface area (Å²) in [6.07, 6.45) is 0. The zero-order chi connectivity index (χ0) is 9.26. The summed E-state index contributed by atoms with van der Waals surface area (Å²) < 4.78 is 10.7. The van der Waals surface area contributed by atoms with E-state index in [2.05, 4.69) is 0 Å². The van der Waals surface area contributed by atoms with Gasteiger partial charge in [0, 0.05) is 0 Å². The molecular formula is C9H8AlO2S. The van der Waals surface area contributed by atoms with Crippen molar-refractivity contribution in [1.82, 2.24) is 0 Å². The van der Waals surface area contributed by atoms with Gasteiger partial charge in [-0.3, -0.25) is 0 Å². The van der Waals surface area contributed by atoms with E-state index in [4.69, 9.17) is 8.21 Å². The normalized spacial score (nSPS) is 10.2. The van der Waals surface area contributed by atoms with E-state index in [0.717, 1.165) is 22.1 Å². The predicted octanol–water partition coefficient (Wildman–Crippen LogP) is 2.51. The molecule has 0 aliphatic rings. The van der Waals surface area contributed by atoms with Crippen LogP contribution in [0.25, 0.3) is 10.6 Å². The quantitative estimate of drug-likeness (QED) is 0.706. The Balaban J connectivity index is 2.45. The Hall–Kier alpha value is -0.688. The van der Waals surface area contributed by atoms with Crippen molar-refractivity contribution in [3.8, 4) is 16.4 Å². The lowest BCUT2D eigenvalue weighted by atomic mass is 10.3. The maximum atomic E-state index is 5.50. The third kappa shape index (κ3) is 1.66. The third-order valence-corrected chi connectivity index (χ3v) is 2.97. The number of thiophene rings is 1. The number of hydrogen-bond acceptors (Lipinski definition) is 3. The first-order valence-electron chi connectivity index (χ1n) is 3.87. The van der Waals surface area contributed by atoms with Crippen LogP contribution in [-0.4, -0.2) is 16.6 Å². The molecule has 0 amide bonds. The zero-order valence-electron chi connectivity index (χ0n) is 7.24. The van der Waals surface area contributed by atoms with E-state index in [9.17, 15) is 0 Å². The monoisotopic (exact) mass is 207 g/mol. The molecule has 2 nitrogen and oxygen atoms in total. The molecule has 0 saturated carbocycles. The molecule has 0 spiro atoms. The van der Waals surface area contributed by atoms with Crippen LogP contribution < -0.4 is 3.79 Å². The second-order valence-corrected chi connectivity index (χ2v) is 3.87. The average Bonchev–Trinajstić information content (AvgIpc) is 2.71. The van der Waals surface area contributed by atoms with Gasteiger partial charge in [0.1, 0.15) is 22.1 Å². The standard InChI is InChI=1S/C9H8O2S.Al.H/c1-6-2-3-8(11-6)9-7(10)4-5-12-9;;/h2-5,10H,1H3;;/q;+1;/p-1. The van der Waals surface area contributed by atoms with Crippen LogP contribution in [0, 0.1) is 6.92 Å². The Kier molecular flexibility index (Phi) is 2.45. The molecular weight excluding hydrogens is 199 g/mol. The van der Waals surface area contributed by atoms with Gasteiger partial charge in [0.2, 0.25) is 0 Å². The minimum absolute atomic E-state index is 0.883. The van der Waals surface area contributed by atoms with Gasteiger partial charge in [-0.1, -0.05) is 0 Å². The molecule has 0 atom stereocenters. The molecule has 0 bridgehead atoms. The summed E-state index contributed by atoms with van der Waals surface area (Å²) >= 11 is 3.10. The summed E-state index contributed by atoms with van der Waals surface area (Å²) in [6.45, 7) is 1.94. The Morgan fingerprint density at radius 1 is 1.38 bits per heavy atom. The van der Waals surface area contributed by atoms with E-state index < -0.39 is 0 Å². The highest BCUT2D eigenvalue weighted by Gasteiger charge is 2.09. The minimum atomic E-state index is 0.883. The van der Waals surface area contributed by atoms with E-state index >= 15 is 0 Å². The van der Waals surface area contributed by atoms with Crippen molar-refractivity contribution >= 4 is 28.0 Å². The van der Waals surface area contributed by atoms with Crippen LogP contribution in [0.4, 0.5) is 0 Å². The fourth-order valence-electron chi connectivity index (χ4n) is 1.15. The number of aryl methyl sites for hydroxylation is 1. The van der Waals surface area contributed by atoms with Crippen molar-refractivity contribution in [2.24, 2.45) is 0 Å². The summed E-state index contributed by atoms with van der Waals surface area (Å²) in [4.78, 5) is 1.06. The predicted molar refractivity (Wildman–Crippen MR) is 54.5 cm³/mol. The van der Waals surface area contributed by atoms with Gasteiger partial charge in [-0.25, -0.2) is 0 Å². The lowest BCUT2D eigenvalue weighted by molar-refractivity contribution is 0.545. The second-order valence-electron chi connectivity index (χ2n) is 2.67. The lowest BCUT2D eigenvalue weighted by Gasteiger charge is -2.00. The Bertz CT molecular complexity index is 405. The van der Waals surface area contributed by atoms with Crippen LogP contribution in [0.1, 0.15) is 5.76 Å². The zero-order valence-corrected chi connectivity index (χ0v) is 9.47. The van der Waals surface area contributed by atoms with E-state index in [1.165, 1.54) is 16.6 Å². The molecule has 0 unspecified atom stereocenters. The van der Waals surface area contributed by atoms with Crippen LogP contribution in [-0.2, 0) is 0 Å². The minimum Gasteiger partial charge on any atom is -0.649 e. The van der Waals surface area contributed by atoms with Crippen LogP contribution >= 0.6 is 11.3 Å². The Morgan fingerprint density at radius 2 is 2.23 bits per heavy atom. The lowest BCUT2D eigenvalue weighted by Crippen LogP contribution is -1.83. The van der Waals surface area contributed by atoms with Crippen LogP contribution in [0.2, 0.25) is 0 Å². The molecule has 1 radical (unpaired) electrons. The summed E-state index contributed by atoms with van der Waals surface area (Å²) in [7, 11) is 0. The molecule has 0 aliphatic heterocycles. The molecule has 4 heteroatoms. The third-order valence-electron chi connectivity index (χ3n) is 1.75. The van der Waals surface area contributed by atoms with Gasteiger partial charge in [0.25, 0.3) is 0 Å². The fourth-order valence-corrected chi connectivity index (χ4v) is 2.29. The fraction of sp³-hybridized carbons (Fsp3) is 0.111. The van der Waals surface area contributed by atoms with Gasteiger partial charge in [-0.15, -0.1) is 11.3 Å². The van der Waals surface area contributed by atoms with Crippen molar-refractivity contribution in [1.29, 1.82) is 0 Å². The SMILES string of the molecule is Cc1ccc(-c2sccc2[O][AlH])o1. The van der Waals surface area contributed by atoms with Crippen molar-refractivity contribution < 1.29 is 8.21 Å². The summed E-state index contributed by atoms with van der Waals surface area (Å²) in [5.74, 6) is 2.69. The highest BCUT2D eigenvalue weighted by molar-refractivity contribution is 7.14. The van der Waals surface area contributed by atoms with Gasteiger partial charge < -0.3 is 8.21 Å². The number of hydrogen-bond donors (Lipinski definition) is 0. The van der Waals surface area contributed by atoms with E-state index in [1.54, 1.807) is 11.3 Å². The van der Waals surface area contributed by atoms with Gasteiger partial charge in [0.05, 0.1) is 0 Å². The molecule has 0 N–H and O–H groups in total. The van der Waals surface area contributed by atoms with Gasteiger partial charge >= 0.3 is 16.6 Å². The van der Waals surface area contributed by atoms with Gasteiger partial charge in [-0.05, 0) is 30.5 Å². The number of rotatable bonds is 2. The molecule has 0 fully saturated rings. The average molecular weight is 207 g/mol. The molecule has 2 rings (SSSR count). The molecule has 0 aliphatic carbocycles. The topological polar surface area (TPSA) is 22.4 Å². The van der Waals surface area contributed by atoms with Crippen molar-refractivity contribution in [3.63, 3.8) is 0 Å². The second kappa shape index (κ2) is 3.59. The smallest absolute Gasteiger partial charge is 0.494 e. The van der Waals surface area contributed by atoms with E-state index in [-0.39, 0.29) is 0 Å². The summed E-state index contributed by atoms with van der Waals surface area (Å²) in [6, 6.07) is 5.87. The summed E-state index contributed by atoms with van der Waals surface area (Å²) in [5, 5.41) is 2.00. The molecule has 2 aromatic heterocycles.